The van der Waals surface area contributed by atoms with Crippen molar-refractivity contribution in [1.29, 1.82) is 0 Å². The molecule has 1 unspecified atom stereocenters. The summed E-state index contributed by atoms with van der Waals surface area (Å²) in [5.41, 5.74) is 1.40. The van der Waals surface area contributed by atoms with Crippen molar-refractivity contribution in [1.82, 2.24) is 0 Å². The van der Waals surface area contributed by atoms with Crippen molar-refractivity contribution in [2.45, 2.75) is 39.2 Å². The molecule has 1 aromatic carbocycles. The van der Waals surface area contributed by atoms with E-state index >= 15 is 0 Å². The number of hydrogen-bond acceptors (Lipinski definition) is 2. The lowest BCUT2D eigenvalue weighted by Crippen LogP contribution is -2.15. The molecule has 1 aliphatic carbocycles. The molecule has 0 aliphatic heterocycles. The van der Waals surface area contributed by atoms with Crippen LogP contribution in [-0.2, 0) is 16.1 Å². The summed E-state index contributed by atoms with van der Waals surface area (Å²) in [4.78, 5) is 11.3. The molecule has 0 radical (unpaired) electrons. The highest BCUT2D eigenvalue weighted by Crippen LogP contribution is 2.38. The Balaban J connectivity index is 1.68. The van der Waals surface area contributed by atoms with Crippen molar-refractivity contribution >= 4 is 5.78 Å². The number of rotatable bonds is 5. The van der Waals surface area contributed by atoms with E-state index in [2.05, 4.69) is 19.1 Å². The molecule has 2 heteroatoms. The first-order valence-electron chi connectivity index (χ1n) is 6.31. The molecule has 0 aromatic heterocycles. The number of benzene rings is 1. The number of hydrogen-bond donors (Lipinski definition) is 0. The van der Waals surface area contributed by atoms with Gasteiger partial charge in [-0.05, 0) is 23.8 Å². The number of carbonyl (C=O) groups excluding carboxylic acids is 1. The van der Waals surface area contributed by atoms with Gasteiger partial charge in [0.2, 0.25) is 0 Å². The summed E-state index contributed by atoms with van der Waals surface area (Å²) in [5, 5.41) is 0. The lowest BCUT2D eigenvalue weighted by Gasteiger charge is -2.21. The van der Waals surface area contributed by atoms with Crippen LogP contribution >= 0.6 is 0 Å². The Bertz CT molecular complexity index is 372. The second-order valence-corrected chi connectivity index (χ2v) is 5.31. The minimum absolute atomic E-state index is 0.188. The number of ether oxygens (including phenoxy) is 1. The van der Waals surface area contributed by atoms with Gasteiger partial charge in [0.1, 0.15) is 5.78 Å². The summed E-state index contributed by atoms with van der Waals surface area (Å²) in [6.07, 6.45) is 3.52. The smallest absolute Gasteiger partial charge is 0.133 e. The molecular weight excluding hydrogens is 212 g/mol. The van der Waals surface area contributed by atoms with Crippen molar-refractivity contribution in [3.05, 3.63) is 35.9 Å². The highest BCUT2D eigenvalue weighted by atomic mass is 16.5. The summed E-state index contributed by atoms with van der Waals surface area (Å²) in [6, 6.07) is 10.2. The van der Waals surface area contributed by atoms with E-state index in [-0.39, 0.29) is 5.41 Å². The zero-order valence-electron chi connectivity index (χ0n) is 10.4. The minimum atomic E-state index is 0.188. The van der Waals surface area contributed by atoms with Gasteiger partial charge < -0.3 is 4.74 Å². The van der Waals surface area contributed by atoms with Gasteiger partial charge in [-0.3, -0.25) is 4.79 Å². The van der Waals surface area contributed by atoms with Gasteiger partial charge in [-0.2, -0.15) is 0 Å². The summed E-state index contributed by atoms with van der Waals surface area (Å²) in [5.74, 6) is 0.413. The quantitative estimate of drug-likeness (QED) is 0.728. The van der Waals surface area contributed by atoms with Gasteiger partial charge in [0, 0.05) is 19.4 Å². The van der Waals surface area contributed by atoms with Crippen LogP contribution in [0.15, 0.2) is 30.3 Å². The Morgan fingerprint density at radius 2 is 2.06 bits per heavy atom. The minimum Gasteiger partial charge on any atom is -0.377 e. The fourth-order valence-corrected chi connectivity index (χ4v) is 2.39. The molecule has 1 aromatic rings. The van der Waals surface area contributed by atoms with Gasteiger partial charge in [-0.25, -0.2) is 0 Å². The first kappa shape index (κ1) is 12.3. The topological polar surface area (TPSA) is 26.3 Å². The van der Waals surface area contributed by atoms with E-state index < -0.39 is 0 Å². The van der Waals surface area contributed by atoms with Gasteiger partial charge in [0.25, 0.3) is 0 Å². The van der Waals surface area contributed by atoms with Crippen LogP contribution in [0.3, 0.4) is 0 Å². The SMILES string of the molecule is CC1(CCOCc2ccccc2)CCC(=O)C1. The Morgan fingerprint density at radius 1 is 1.29 bits per heavy atom. The molecule has 0 heterocycles. The van der Waals surface area contributed by atoms with E-state index in [0.717, 1.165) is 32.3 Å². The van der Waals surface area contributed by atoms with E-state index in [0.29, 0.717) is 12.4 Å². The molecule has 0 saturated heterocycles. The average molecular weight is 232 g/mol. The Hall–Kier alpha value is -1.15. The molecule has 17 heavy (non-hydrogen) atoms. The molecule has 0 bridgehead atoms. The van der Waals surface area contributed by atoms with Gasteiger partial charge in [-0.15, -0.1) is 0 Å². The predicted molar refractivity (Wildman–Crippen MR) is 67.7 cm³/mol. The molecule has 0 amide bonds. The fourth-order valence-electron chi connectivity index (χ4n) is 2.39. The third-order valence-corrected chi connectivity index (χ3v) is 3.59. The van der Waals surface area contributed by atoms with Gasteiger partial charge in [0.05, 0.1) is 6.61 Å². The fraction of sp³-hybridized carbons (Fsp3) is 0.533. The van der Waals surface area contributed by atoms with Crippen LogP contribution in [0.2, 0.25) is 0 Å². The Kier molecular flexibility index (Phi) is 3.95. The maximum Gasteiger partial charge on any atom is 0.133 e. The maximum absolute atomic E-state index is 11.3. The van der Waals surface area contributed by atoms with E-state index in [1.807, 2.05) is 18.2 Å². The zero-order chi connectivity index (χ0) is 12.1. The van der Waals surface area contributed by atoms with E-state index in [9.17, 15) is 4.79 Å². The summed E-state index contributed by atoms with van der Waals surface area (Å²) in [7, 11) is 0. The van der Waals surface area contributed by atoms with Crippen LogP contribution in [0.4, 0.5) is 0 Å². The predicted octanol–water partition coefficient (Wildman–Crippen LogP) is 3.35. The van der Waals surface area contributed by atoms with Gasteiger partial charge in [0.15, 0.2) is 0 Å². The standard InChI is InChI=1S/C15H20O2/c1-15(8-7-14(16)11-15)9-10-17-12-13-5-3-2-4-6-13/h2-6H,7-12H2,1H3. The number of carbonyl (C=O) groups is 1. The lowest BCUT2D eigenvalue weighted by atomic mass is 9.85. The van der Waals surface area contributed by atoms with Crippen molar-refractivity contribution in [3.63, 3.8) is 0 Å². The third-order valence-electron chi connectivity index (χ3n) is 3.59. The molecule has 92 valence electrons. The Labute approximate surface area is 103 Å². The van der Waals surface area contributed by atoms with Crippen LogP contribution in [0.25, 0.3) is 0 Å². The highest BCUT2D eigenvalue weighted by molar-refractivity contribution is 5.81. The summed E-state index contributed by atoms with van der Waals surface area (Å²) >= 11 is 0. The van der Waals surface area contributed by atoms with Crippen LogP contribution in [0.5, 0.6) is 0 Å². The van der Waals surface area contributed by atoms with E-state index in [4.69, 9.17) is 4.74 Å². The molecular formula is C15H20O2. The third kappa shape index (κ3) is 3.67. The molecule has 1 aliphatic rings. The molecule has 2 rings (SSSR count). The van der Waals surface area contributed by atoms with Crippen LogP contribution in [0, 0.1) is 5.41 Å². The first-order chi connectivity index (χ1) is 8.18. The zero-order valence-corrected chi connectivity index (χ0v) is 10.4. The largest absolute Gasteiger partial charge is 0.377 e. The van der Waals surface area contributed by atoms with E-state index in [1.54, 1.807) is 0 Å². The Morgan fingerprint density at radius 3 is 2.71 bits per heavy atom. The highest BCUT2D eigenvalue weighted by Gasteiger charge is 2.33. The normalized spacial score (nSPS) is 24.2. The van der Waals surface area contributed by atoms with Crippen molar-refractivity contribution in [2.24, 2.45) is 5.41 Å². The monoisotopic (exact) mass is 232 g/mol. The number of ketones is 1. The maximum atomic E-state index is 11.3. The van der Waals surface area contributed by atoms with Crippen molar-refractivity contribution in [3.8, 4) is 0 Å². The molecule has 1 atom stereocenters. The molecule has 2 nitrogen and oxygen atoms in total. The van der Waals surface area contributed by atoms with Gasteiger partial charge >= 0.3 is 0 Å². The average Bonchev–Trinajstić information content (AvgIpc) is 2.67. The number of Topliss-reactive ketones (excluding diaryl/α,β-unsaturated/α-hetero) is 1. The van der Waals surface area contributed by atoms with Crippen molar-refractivity contribution < 1.29 is 9.53 Å². The second-order valence-electron chi connectivity index (χ2n) is 5.31. The summed E-state index contributed by atoms with van der Waals surface area (Å²) in [6.45, 7) is 3.62. The van der Waals surface area contributed by atoms with Crippen LogP contribution < -0.4 is 0 Å². The molecule has 0 spiro atoms. The van der Waals surface area contributed by atoms with Crippen LogP contribution in [0.1, 0.15) is 38.2 Å². The molecule has 1 saturated carbocycles. The molecule has 0 N–H and O–H groups in total. The van der Waals surface area contributed by atoms with E-state index in [1.165, 1.54) is 5.56 Å². The summed E-state index contributed by atoms with van der Waals surface area (Å²) < 4.78 is 5.67. The molecule has 1 fully saturated rings. The second kappa shape index (κ2) is 5.46. The lowest BCUT2D eigenvalue weighted by molar-refractivity contribution is -0.118. The first-order valence-corrected chi connectivity index (χ1v) is 6.31. The van der Waals surface area contributed by atoms with Gasteiger partial charge in [-0.1, -0.05) is 37.3 Å². The van der Waals surface area contributed by atoms with Crippen LogP contribution in [-0.4, -0.2) is 12.4 Å². The van der Waals surface area contributed by atoms with Crippen molar-refractivity contribution in [2.75, 3.05) is 6.61 Å².